The molecule has 1 aliphatic carbocycles. The summed E-state index contributed by atoms with van der Waals surface area (Å²) in [6, 6.07) is 3.70. The van der Waals surface area contributed by atoms with Crippen molar-refractivity contribution in [3.05, 3.63) is 32.3 Å². The second-order valence-electron chi connectivity index (χ2n) is 5.88. The number of methoxy groups -OCH3 is 1. The average molecular weight is 468 g/mol. The molecule has 1 fully saturated rings. The molecule has 0 saturated heterocycles. The van der Waals surface area contributed by atoms with Gasteiger partial charge in [0.1, 0.15) is 0 Å². The van der Waals surface area contributed by atoms with E-state index in [9.17, 15) is 9.90 Å². The van der Waals surface area contributed by atoms with E-state index < -0.39 is 5.60 Å². The van der Waals surface area contributed by atoms with Gasteiger partial charge in [-0.15, -0.1) is 0 Å². The summed E-state index contributed by atoms with van der Waals surface area (Å²) in [4.78, 5) is 11.8. The summed E-state index contributed by atoms with van der Waals surface area (Å²) in [6.45, 7) is 1.99. The Hall–Kier alpha value is -0.391. The number of hydrogen-bond acceptors (Lipinski definition) is 3. The summed E-state index contributed by atoms with van der Waals surface area (Å²) in [5.74, 6) is -0.330. The zero-order valence-electron chi connectivity index (χ0n) is 13.1. The summed E-state index contributed by atoms with van der Waals surface area (Å²) in [7, 11) is 1.39. The first kappa shape index (κ1) is 18.9. The Morgan fingerprint density at radius 2 is 2.00 bits per heavy atom. The number of halogens is 2. The van der Waals surface area contributed by atoms with Gasteiger partial charge in [0, 0.05) is 0 Å². The number of rotatable bonds is 2. The van der Waals surface area contributed by atoms with Gasteiger partial charge in [-0.3, -0.25) is 0 Å². The third-order valence-corrected chi connectivity index (χ3v) is 8.73. The van der Waals surface area contributed by atoms with Gasteiger partial charge in [0.15, 0.2) is 0 Å². The van der Waals surface area contributed by atoms with Crippen molar-refractivity contribution >= 4 is 42.1 Å². The predicted molar refractivity (Wildman–Crippen MR) is 87.3 cm³/mol. The second-order valence-corrected chi connectivity index (χ2v) is 8.68. The monoisotopic (exact) mass is 467 g/mol. The third-order valence-electron chi connectivity index (χ3n) is 4.33. The molecule has 0 atom stereocenters. The maximum absolute atomic E-state index is 11.8. The van der Waals surface area contributed by atoms with E-state index in [-0.39, 0.29) is 33.1 Å². The van der Waals surface area contributed by atoms with Gasteiger partial charge in [-0.1, -0.05) is 0 Å². The Morgan fingerprint density at radius 3 is 2.61 bits per heavy atom. The van der Waals surface area contributed by atoms with Crippen molar-refractivity contribution in [2.24, 2.45) is 0 Å². The molecule has 1 saturated carbocycles. The van der Waals surface area contributed by atoms with Crippen LogP contribution in [0.1, 0.15) is 52.6 Å². The molecule has 2 aromatic rings. The van der Waals surface area contributed by atoms with Crippen LogP contribution in [0.4, 0.5) is 0 Å². The number of aryl methyl sites for hydroxylation is 1. The number of aliphatic hydroxyl groups is 1. The van der Waals surface area contributed by atoms with Crippen molar-refractivity contribution in [1.82, 2.24) is 0 Å². The first-order valence-corrected chi connectivity index (χ1v) is 9.84. The number of carbonyl (C=O) groups is 1. The number of ether oxygens (including phenoxy) is 1. The number of aromatic nitrogens is 1. The zero-order chi connectivity index (χ0) is 15.9. The van der Waals surface area contributed by atoms with E-state index >= 15 is 0 Å². The first-order valence-electron chi connectivity index (χ1n) is 7.42. The minimum Gasteiger partial charge on any atom is -1.00 e. The second kappa shape index (κ2) is 7.24. The molecule has 0 spiro atoms. The maximum Gasteiger partial charge on any atom is -1.00 e. The van der Waals surface area contributed by atoms with Gasteiger partial charge in [-0.05, 0) is 0 Å². The Bertz CT molecular complexity index is 740. The SMILES string of the molecule is COC(=O)c1cc(C)[n+]2[se]c(C3(O)CCCCC3)c(Br)c2c1.[Cl-]. The molecule has 4 nitrogen and oxygen atoms in total. The number of pyridine rings is 1. The topological polar surface area (TPSA) is 50.6 Å². The van der Waals surface area contributed by atoms with Crippen LogP contribution in [-0.4, -0.2) is 32.9 Å². The molecule has 0 amide bonds. The summed E-state index contributed by atoms with van der Waals surface area (Å²) in [5.41, 5.74) is 1.84. The van der Waals surface area contributed by atoms with Crippen LogP contribution in [0.15, 0.2) is 16.6 Å². The maximum atomic E-state index is 11.8. The number of hydrogen-bond donors (Lipinski definition) is 1. The Balaban J connectivity index is 0.00000192. The Labute approximate surface area is 156 Å². The average Bonchev–Trinajstić information content (AvgIpc) is 2.86. The van der Waals surface area contributed by atoms with Crippen LogP contribution in [0.5, 0.6) is 0 Å². The van der Waals surface area contributed by atoms with Crippen LogP contribution in [0, 0.1) is 6.92 Å². The smallest absolute Gasteiger partial charge is 1.00 e. The van der Waals surface area contributed by atoms with Crippen molar-refractivity contribution in [3.63, 3.8) is 0 Å². The zero-order valence-corrected chi connectivity index (χ0v) is 17.1. The van der Waals surface area contributed by atoms with Crippen LogP contribution in [0.25, 0.3) is 5.52 Å². The molecule has 2 aromatic heterocycles. The van der Waals surface area contributed by atoms with Gasteiger partial charge in [-0.2, -0.15) is 0 Å². The molecule has 23 heavy (non-hydrogen) atoms. The van der Waals surface area contributed by atoms with Crippen molar-refractivity contribution < 1.29 is 30.4 Å². The summed E-state index contributed by atoms with van der Waals surface area (Å²) in [5, 5.41) is 11.1. The van der Waals surface area contributed by atoms with Gasteiger partial charge in [0.25, 0.3) is 0 Å². The molecule has 0 radical (unpaired) electrons. The standard InChI is InChI=1S/C16H19BrNO3Se.ClH/c1-10-8-11(15(19)21-2)9-12-13(17)14(22-18(10)12)16(20)6-4-3-5-7-16;/h8-9,20H,3-7H2,1-2H3;1H/q+1;/p-1. The van der Waals surface area contributed by atoms with E-state index in [4.69, 9.17) is 4.74 Å². The van der Waals surface area contributed by atoms with Crippen LogP contribution < -0.4 is 15.8 Å². The minimum absolute atomic E-state index is 0. The van der Waals surface area contributed by atoms with Crippen molar-refractivity contribution in [3.8, 4) is 0 Å². The number of fused-ring (bicyclic) bond motifs is 1. The first-order chi connectivity index (χ1) is 10.5. The fraction of sp³-hybridized carbons (Fsp3) is 0.500. The van der Waals surface area contributed by atoms with Crippen molar-refractivity contribution in [2.75, 3.05) is 7.11 Å². The molecule has 2 heterocycles. The molecule has 1 aliphatic rings. The van der Waals surface area contributed by atoms with E-state index in [1.807, 2.05) is 19.1 Å². The van der Waals surface area contributed by atoms with Crippen LogP contribution in [0.2, 0.25) is 0 Å². The van der Waals surface area contributed by atoms with Gasteiger partial charge >= 0.3 is 144 Å². The molecular weight excluding hydrogens is 448 g/mol. The summed E-state index contributed by atoms with van der Waals surface area (Å²) >= 11 is 3.70. The molecular formula is C16H19BrClNO3Se. The van der Waals surface area contributed by atoms with Gasteiger partial charge in [0.05, 0.1) is 0 Å². The summed E-state index contributed by atoms with van der Waals surface area (Å²) in [6.07, 6.45) is 5.01. The molecule has 7 heteroatoms. The quantitative estimate of drug-likeness (QED) is 0.479. The molecule has 126 valence electrons. The van der Waals surface area contributed by atoms with Gasteiger partial charge < -0.3 is 12.4 Å². The van der Waals surface area contributed by atoms with Gasteiger partial charge in [-0.25, -0.2) is 0 Å². The normalized spacial score (nSPS) is 16.9. The fourth-order valence-electron chi connectivity index (χ4n) is 3.13. The molecule has 0 unspecified atom stereocenters. The van der Waals surface area contributed by atoms with E-state index in [0.717, 1.165) is 45.8 Å². The van der Waals surface area contributed by atoms with Crippen LogP contribution in [-0.2, 0) is 10.3 Å². The fourth-order valence-corrected chi connectivity index (χ4v) is 6.91. The third kappa shape index (κ3) is 3.38. The van der Waals surface area contributed by atoms with E-state index in [2.05, 4.69) is 19.3 Å². The molecule has 1 N–H and O–H groups in total. The Kier molecular flexibility index (Phi) is 5.96. The Morgan fingerprint density at radius 1 is 1.35 bits per heavy atom. The van der Waals surface area contributed by atoms with Gasteiger partial charge in [0.2, 0.25) is 0 Å². The molecule has 3 rings (SSSR count). The molecule has 0 aliphatic heterocycles. The number of nitrogens with zero attached hydrogens (tertiary/aromatic N) is 1. The van der Waals surface area contributed by atoms with E-state index in [1.165, 1.54) is 13.5 Å². The van der Waals surface area contributed by atoms with Crippen molar-refractivity contribution in [2.45, 2.75) is 44.6 Å². The molecule has 0 bridgehead atoms. The largest absolute Gasteiger partial charge is 1.00 e. The number of esters is 1. The van der Waals surface area contributed by atoms with E-state index in [0.29, 0.717) is 5.56 Å². The minimum atomic E-state index is -0.693. The number of carbonyl (C=O) groups excluding carboxylic acids is 1. The van der Waals surface area contributed by atoms with Crippen molar-refractivity contribution in [1.29, 1.82) is 0 Å². The van der Waals surface area contributed by atoms with Crippen LogP contribution >= 0.6 is 15.9 Å². The molecule has 0 aromatic carbocycles. The van der Waals surface area contributed by atoms with Crippen LogP contribution in [0.3, 0.4) is 0 Å². The predicted octanol–water partition coefficient (Wildman–Crippen LogP) is -0.504. The van der Waals surface area contributed by atoms with E-state index in [1.54, 1.807) is 0 Å². The summed E-state index contributed by atoms with van der Waals surface area (Å²) < 4.78 is 9.08.